The van der Waals surface area contributed by atoms with Gasteiger partial charge in [-0.3, -0.25) is 4.79 Å². The van der Waals surface area contributed by atoms with Gasteiger partial charge in [-0.1, -0.05) is 0 Å². The molecule has 7 heteroatoms. The maximum atomic E-state index is 13.2. The standard InChI is InChI=1S/C18H16FN5O/c19-14-5-2-12(3-6-14)15-10-16(13-4-7-17(25)22-11-13)24(23-15)18-20-8-1-9-21-18/h1-3,5-6,8-10,13H,4,7,11H2,(H,22,25). The van der Waals surface area contributed by atoms with Crippen molar-refractivity contribution in [3.05, 3.63) is 60.3 Å². The Morgan fingerprint density at radius 3 is 2.60 bits per heavy atom. The summed E-state index contributed by atoms with van der Waals surface area (Å²) in [5.74, 6) is 0.382. The molecule has 1 aromatic carbocycles. The molecular formula is C18H16FN5O. The van der Waals surface area contributed by atoms with Crippen molar-refractivity contribution in [1.82, 2.24) is 25.1 Å². The van der Waals surface area contributed by atoms with E-state index >= 15 is 0 Å². The van der Waals surface area contributed by atoms with Crippen molar-refractivity contribution in [2.75, 3.05) is 6.54 Å². The average Bonchev–Trinajstić information content (AvgIpc) is 3.09. The maximum Gasteiger partial charge on any atom is 0.250 e. The summed E-state index contributed by atoms with van der Waals surface area (Å²) >= 11 is 0. The van der Waals surface area contributed by atoms with Gasteiger partial charge in [0, 0.05) is 36.8 Å². The number of nitrogens with zero attached hydrogens (tertiary/aromatic N) is 4. The van der Waals surface area contributed by atoms with Gasteiger partial charge in [-0.2, -0.15) is 5.10 Å². The van der Waals surface area contributed by atoms with Crippen LogP contribution >= 0.6 is 0 Å². The summed E-state index contributed by atoms with van der Waals surface area (Å²) in [5.41, 5.74) is 2.47. The normalized spacial score (nSPS) is 17.3. The highest BCUT2D eigenvalue weighted by Gasteiger charge is 2.25. The molecule has 0 bridgehead atoms. The van der Waals surface area contributed by atoms with Gasteiger partial charge in [0.2, 0.25) is 5.91 Å². The first-order chi connectivity index (χ1) is 12.2. The lowest BCUT2D eigenvalue weighted by Gasteiger charge is -2.22. The second-order valence-electron chi connectivity index (χ2n) is 5.96. The summed E-state index contributed by atoms with van der Waals surface area (Å²) in [4.78, 5) is 20.0. The van der Waals surface area contributed by atoms with Gasteiger partial charge in [-0.25, -0.2) is 19.0 Å². The predicted octanol–water partition coefficient (Wildman–Crippen LogP) is 2.46. The molecule has 1 saturated heterocycles. The monoisotopic (exact) mass is 337 g/mol. The number of amides is 1. The van der Waals surface area contributed by atoms with Crippen LogP contribution in [0.5, 0.6) is 0 Å². The number of nitrogens with one attached hydrogen (secondary N) is 1. The molecular weight excluding hydrogens is 321 g/mol. The summed E-state index contributed by atoms with van der Waals surface area (Å²) in [6, 6.07) is 9.92. The zero-order valence-electron chi connectivity index (χ0n) is 13.4. The van der Waals surface area contributed by atoms with Crippen LogP contribution in [0.4, 0.5) is 4.39 Å². The molecule has 6 nitrogen and oxygen atoms in total. The Bertz CT molecular complexity index is 882. The van der Waals surface area contributed by atoms with Crippen molar-refractivity contribution < 1.29 is 9.18 Å². The maximum absolute atomic E-state index is 13.2. The molecule has 1 N–H and O–H groups in total. The minimum Gasteiger partial charge on any atom is -0.355 e. The lowest BCUT2D eigenvalue weighted by Crippen LogP contribution is -2.34. The summed E-state index contributed by atoms with van der Waals surface area (Å²) in [7, 11) is 0. The van der Waals surface area contributed by atoms with Gasteiger partial charge >= 0.3 is 0 Å². The number of halogens is 1. The molecule has 126 valence electrons. The van der Waals surface area contributed by atoms with E-state index in [9.17, 15) is 9.18 Å². The fourth-order valence-electron chi connectivity index (χ4n) is 2.99. The molecule has 4 rings (SSSR count). The lowest BCUT2D eigenvalue weighted by molar-refractivity contribution is -0.122. The Labute approximate surface area is 143 Å². The average molecular weight is 337 g/mol. The number of carbonyl (C=O) groups is 1. The zero-order chi connectivity index (χ0) is 17.2. The molecule has 1 amide bonds. The number of benzene rings is 1. The van der Waals surface area contributed by atoms with E-state index in [1.807, 2.05) is 6.07 Å². The predicted molar refractivity (Wildman–Crippen MR) is 89.5 cm³/mol. The van der Waals surface area contributed by atoms with Crippen molar-refractivity contribution in [2.45, 2.75) is 18.8 Å². The van der Waals surface area contributed by atoms with Crippen molar-refractivity contribution >= 4 is 5.91 Å². The summed E-state index contributed by atoms with van der Waals surface area (Å²) < 4.78 is 14.9. The van der Waals surface area contributed by atoms with Crippen LogP contribution < -0.4 is 5.32 Å². The number of aromatic nitrogens is 4. The topological polar surface area (TPSA) is 72.7 Å². The number of carbonyl (C=O) groups excluding carboxylic acids is 1. The van der Waals surface area contributed by atoms with Crippen molar-refractivity contribution in [1.29, 1.82) is 0 Å². The first-order valence-electron chi connectivity index (χ1n) is 8.11. The molecule has 2 aromatic heterocycles. The van der Waals surface area contributed by atoms with Crippen LogP contribution in [0.3, 0.4) is 0 Å². The highest BCUT2D eigenvalue weighted by Crippen LogP contribution is 2.29. The lowest BCUT2D eigenvalue weighted by atomic mass is 9.95. The van der Waals surface area contributed by atoms with Crippen LogP contribution in [0.25, 0.3) is 17.2 Å². The van der Waals surface area contributed by atoms with E-state index < -0.39 is 0 Å². The highest BCUT2D eigenvalue weighted by molar-refractivity contribution is 5.77. The zero-order valence-corrected chi connectivity index (χ0v) is 13.4. The second kappa shape index (κ2) is 6.43. The Morgan fingerprint density at radius 2 is 1.92 bits per heavy atom. The smallest absolute Gasteiger partial charge is 0.250 e. The van der Waals surface area contributed by atoms with Crippen LogP contribution in [0.1, 0.15) is 24.5 Å². The van der Waals surface area contributed by atoms with Crippen molar-refractivity contribution in [3.63, 3.8) is 0 Å². The van der Waals surface area contributed by atoms with Gasteiger partial charge in [0.05, 0.1) is 11.4 Å². The molecule has 1 fully saturated rings. The van der Waals surface area contributed by atoms with Gasteiger partial charge in [0.15, 0.2) is 0 Å². The van der Waals surface area contributed by atoms with E-state index in [1.54, 1.807) is 35.3 Å². The van der Waals surface area contributed by atoms with Gasteiger partial charge in [0.25, 0.3) is 5.95 Å². The van der Waals surface area contributed by atoms with Crippen molar-refractivity contribution in [3.8, 4) is 17.2 Å². The van der Waals surface area contributed by atoms with E-state index in [0.717, 1.165) is 23.4 Å². The van der Waals surface area contributed by atoms with E-state index in [0.29, 0.717) is 18.9 Å². The molecule has 0 saturated carbocycles. The molecule has 1 aliphatic rings. The van der Waals surface area contributed by atoms with Crippen LogP contribution in [0, 0.1) is 5.82 Å². The third-order valence-electron chi connectivity index (χ3n) is 4.30. The summed E-state index contributed by atoms with van der Waals surface area (Å²) in [6.45, 7) is 0.556. The fraction of sp³-hybridized carbons (Fsp3) is 0.222. The van der Waals surface area contributed by atoms with Gasteiger partial charge < -0.3 is 5.32 Å². The Morgan fingerprint density at radius 1 is 1.16 bits per heavy atom. The highest BCUT2D eigenvalue weighted by atomic mass is 19.1. The molecule has 0 aliphatic carbocycles. The second-order valence-corrected chi connectivity index (χ2v) is 5.96. The Kier molecular flexibility index (Phi) is 3.97. The number of rotatable bonds is 3. The third-order valence-corrected chi connectivity index (χ3v) is 4.30. The van der Waals surface area contributed by atoms with Crippen LogP contribution in [-0.2, 0) is 4.79 Å². The van der Waals surface area contributed by atoms with Gasteiger partial charge in [0.1, 0.15) is 5.82 Å². The van der Waals surface area contributed by atoms with E-state index in [4.69, 9.17) is 0 Å². The summed E-state index contributed by atoms with van der Waals surface area (Å²) in [6.07, 6.45) is 4.55. The molecule has 1 atom stereocenters. The summed E-state index contributed by atoms with van der Waals surface area (Å²) in [5, 5.41) is 7.53. The SMILES string of the molecule is O=C1CCC(c2cc(-c3ccc(F)cc3)nn2-c2ncccn2)CN1. The Hall–Kier alpha value is -3.09. The van der Waals surface area contributed by atoms with E-state index in [2.05, 4.69) is 20.4 Å². The molecule has 0 radical (unpaired) electrons. The molecule has 0 spiro atoms. The number of hydrogen-bond donors (Lipinski definition) is 1. The molecule has 1 unspecified atom stereocenters. The van der Waals surface area contributed by atoms with Crippen LogP contribution in [0.2, 0.25) is 0 Å². The molecule has 1 aliphatic heterocycles. The Balaban J connectivity index is 1.78. The number of piperidine rings is 1. The van der Waals surface area contributed by atoms with Gasteiger partial charge in [-0.05, 0) is 42.8 Å². The quantitative estimate of drug-likeness (QED) is 0.797. The van der Waals surface area contributed by atoms with Crippen LogP contribution in [-0.4, -0.2) is 32.2 Å². The van der Waals surface area contributed by atoms with Gasteiger partial charge in [-0.15, -0.1) is 0 Å². The minimum atomic E-state index is -0.287. The molecule has 3 aromatic rings. The largest absolute Gasteiger partial charge is 0.355 e. The first-order valence-corrected chi connectivity index (χ1v) is 8.11. The minimum absolute atomic E-state index is 0.0667. The molecule has 3 heterocycles. The fourth-order valence-corrected chi connectivity index (χ4v) is 2.99. The number of hydrogen-bond acceptors (Lipinski definition) is 4. The van der Waals surface area contributed by atoms with Crippen molar-refractivity contribution in [2.24, 2.45) is 0 Å². The first kappa shape index (κ1) is 15.4. The van der Waals surface area contributed by atoms with E-state index in [-0.39, 0.29) is 17.6 Å². The third kappa shape index (κ3) is 3.13. The van der Waals surface area contributed by atoms with E-state index in [1.165, 1.54) is 12.1 Å². The van der Waals surface area contributed by atoms with Crippen LogP contribution in [0.15, 0.2) is 48.8 Å². The molecule has 25 heavy (non-hydrogen) atoms.